The second kappa shape index (κ2) is 11.1. The van der Waals surface area contributed by atoms with Crippen molar-refractivity contribution in [2.24, 2.45) is 0 Å². The maximum atomic E-state index is 13.3. The van der Waals surface area contributed by atoms with Gasteiger partial charge < -0.3 is 16.0 Å². The fourth-order valence-corrected chi connectivity index (χ4v) is 4.28. The number of nitrogens with zero attached hydrogens (tertiary/aromatic N) is 4. The van der Waals surface area contributed by atoms with Crippen molar-refractivity contribution in [3.05, 3.63) is 106 Å². The topological polar surface area (TPSA) is 131 Å². The van der Waals surface area contributed by atoms with Crippen molar-refractivity contribution in [1.82, 2.24) is 30.8 Å². The van der Waals surface area contributed by atoms with Crippen LogP contribution in [-0.4, -0.2) is 44.0 Å². The molecule has 11 heteroatoms. The first kappa shape index (κ1) is 24.8. The highest BCUT2D eigenvalue weighted by atomic mass is 35.5. The van der Waals surface area contributed by atoms with Gasteiger partial charge in [-0.25, -0.2) is 0 Å². The first-order valence-electron chi connectivity index (χ1n) is 11.7. The van der Waals surface area contributed by atoms with E-state index in [4.69, 9.17) is 11.6 Å². The zero-order chi connectivity index (χ0) is 26.5. The minimum Gasteiger partial charge on any atom is -0.348 e. The molecular formula is C27H22ClN7O3. The number of nitrogens with one attached hydrogen (secondary N) is 3. The van der Waals surface area contributed by atoms with E-state index in [2.05, 4.69) is 31.5 Å². The minimum absolute atomic E-state index is 0.183. The Hall–Kier alpha value is -4.83. The number of anilines is 1. The number of amides is 3. The van der Waals surface area contributed by atoms with Gasteiger partial charge in [0, 0.05) is 40.9 Å². The van der Waals surface area contributed by atoms with Crippen molar-refractivity contribution in [2.45, 2.75) is 19.0 Å². The lowest BCUT2D eigenvalue weighted by atomic mass is 10.0. The van der Waals surface area contributed by atoms with Crippen molar-refractivity contribution >= 4 is 41.1 Å². The Morgan fingerprint density at radius 2 is 1.95 bits per heavy atom. The van der Waals surface area contributed by atoms with Crippen LogP contribution in [0.1, 0.15) is 27.0 Å². The first-order chi connectivity index (χ1) is 18.5. The van der Waals surface area contributed by atoms with Gasteiger partial charge in [0.1, 0.15) is 12.4 Å². The molecule has 0 spiro atoms. The summed E-state index contributed by atoms with van der Waals surface area (Å²) < 4.78 is 1.45. The van der Waals surface area contributed by atoms with E-state index in [1.54, 1.807) is 42.5 Å². The summed E-state index contributed by atoms with van der Waals surface area (Å²) >= 11 is 6.16. The molecule has 2 heterocycles. The van der Waals surface area contributed by atoms with Crippen molar-refractivity contribution in [3.63, 3.8) is 0 Å². The molecule has 3 aromatic carbocycles. The molecule has 1 aliphatic heterocycles. The number of hydrogen-bond donors (Lipinski definition) is 3. The number of rotatable bonds is 8. The summed E-state index contributed by atoms with van der Waals surface area (Å²) in [6, 6.07) is 18.8. The predicted molar refractivity (Wildman–Crippen MR) is 142 cm³/mol. The Balaban J connectivity index is 1.34. The monoisotopic (exact) mass is 527 g/mol. The van der Waals surface area contributed by atoms with E-state index in [0.717, 1.165) is 11.1 Å². The van der Waals surface area contributed by atoms with E-state index in [1.807, 2.05) is 30.3 Å². The molecule has 4 aromatic rings. The molecule has 3 N–H and O–H groups in total. The lowest BCUT2D eigenvalue weighted by Gasteiger charge is -2.18. The van der Waals surface area contributed by atoms with Gasteiger partial charge in [0.05, 0.1) is 5.69 Å². The molecular weight excluding hydrogens is 506 g/mol. The van der Waals surface area contributed by atoms with Crippen LogP contribution in [0.4, 0.5) is 5.69 Å². The van der Waals surface area contributed by atoms with Gasteiger partial charge in [-0.1, -0.05) is 48.0 Å². The molecule has 0 radical (unpaired) electrons. The lowest BCUT2D eigenvalue weighted by Crippen LogP contribution is -2.44. The largest absolute Gasteiger partial charge is 0.348 e. The number of halogens is 1. The Labute approximate surface area is 222 Å². The molecule has 0 unspecified atom stereocenters. The van der Waals surface area contributed by atoms with Crippen LogP contribution in [0.15, 0.2) is 79.1 Å². The van der Waals surface area contributed by atoms with Crippen LogP contribution in [-0.2, 0) is 22.6 Å². The van der Waals surface area contributed by atoms with Gasteiger partial charge in [0.25, 0.3) is 5.91 Å². The Morgan fingerprint density at radius 3 is 2.74 bits per heavy atom. The molecule has 0 saturated carbocycles. The number of benzene rings is 3. The van der Waals surface area contributed by atoms with Gasteiger partial charge >= 0.3 is 0 Å². The van der Waals surface area contributed by atoms with Crippen LogP contribution in [0.25, 0.3) is 11.8 Å². The van der Waals surface area contributed by atoms with E-state index in [9.17, 15) is 14.4 Å². The zero-order valence-corrected chi connectivity index (χ0v) is 20.7. The summed E-state index contributed by atoms with van der Waals surface area (Å²) in [6.45, 7) is 0.461. The maximum absolute atomic E-state index is 13.3. The number of fused-ring (bicyclic) bond motifs is 1. The van der Waals surface area contributed by atoms with Gasteiger partial charge in [0.15, 0.2) is 0 Å². The van der Waals surface area contributed by atoms with Crippen LogP contribution < -0.4 is 16.0 Å². The quantitative estimate of drug-likeness (QED) is 0.302. The van der Waals surface area contributed by atoms with Crippen LogP contribution in [0.2, 0.25) is 5.02 Å². The number of tetrazole rings is 1. The van der Waals surface area contributed by atoms with Gasteiger partial charge in [-0.2, -0.15) is 4.68 Å². The second-order valence-electron chi connectivity index (χ2n) is 8.59. The average molecular weight is 528 g/mol. The molecule has 1 aromatic heterocycles. The molecule has 0 bridgehead atoms. The molecule has 5 rings (SSSR count). The third kappa shape index (κ3) is 5.76. The zero-order valence-electron chi connectivity index (χ0n) is 20.0. The first-order valence-corrected chi connectivity index (χ1v) is 12.1. The molecule has 190 valence electrons. The third-order valence-corrected chi connectivity index (χ3v) is 6.21. The van der Waals surface area contributed by atoms with E-state index in [-0.39, 0.29) is 12.3 Å². The van der Waals surface area contributed by atoms with Crippen molar-refractivity contribution in [1.29, 1.82) is 0 Å². The van der Waals surface area contributed by atoms with Crippen LogP contribution in [0.5, 0.6) is 0 Å². The molecule has 10 nitrogen and oxygen atoms in total. The highest BCUT2D eigenvalue weighted by Gasteiger charge is 2.23. The van der Waals surface area contributed by atoms with Crippen molar-refractivity contribution in [2.75, 3.05) is 5.32 Å². The molecule has 3 amide bonds. The highest BCUT2D eigenvalue weighted by Crippen LogP contribution is 2.21. The van der Waals surface area contributed by atoms with E-state index in [0.29, 0.717) is 34.1 Å². The molecule has 0 fully saturated rings. The van der Waals surface area contributed by atoms with Crippen molar-refractivity contribution in [3.8, 4) is 5.69 Å². The molecule has 1 atom stereocenters. The summed E-state index contributed by atoms with van der Waals surface area (Å²) in [5.41, 5.74) is 3.98. The summed E-state index contributed by atoms with van der Waals surface area (Å²) in [6.07, 6.45) is 4.60. The lowest BCUT2D eigenvalue weighted by molar-refractivity contribution is -0.123. The number of hydrogen-bond acceptors (Lipinski definition) is 6. The van der Waals surface area contributed by atoms with Gasteiger partial charge in [0.2, 0.25) is 11.8 Å². The Kier molecular flexibility index (Phi) is 7.23. The van der Waals surface area contributed by atoms with E-state index in [1.165, 1.54) is 17.1 Å². The summed E-state index contributed by atoms with van der Waals surface area (Å²) in [5, 5.41) is 20.0. The Bertz CT molecular complexity index is 1520. The van der Waals surface area contributed by atoms with E-state index >= 15 is 0 Å². The number of carbonyl (C=O) groups excluding carboxylic acids is 3. The van der Waals surface area contributed by atoms with Crippen LogP contribution >= 0.6 is 11.6 Å². The SMILES string of the molecule is O=C(C=Cc1cc(Cl)ccc1-n1cnnn1)N[C@@H](Cc1ccccc1)C(=O)Nc1ccc2c(c1)C(=O)NC2. The second-order valence-corrected chi connectivity index (χ2v) is 9.02. The Morgan fingerprint density at radius 1 is 1.11 bits per heavy atom. The van der Waals surface area contributed by atoms with Crippen molar-refractivity contribution < 1.29 is 14.4 Å². The maximum Gasteiger partial charge on any atom is 0.251 e. The van der Waals surface area contributed by atoms with Crippen LogP contribution in [0, 0.1) is 0 Å². The molecule has 0 aliphatic carbocycles. The van der Waals surface area contributed by atoms with Gasteiger partial charge in [-0.05, 0) is 58.0 Å². The smallest absolute Gasteiger partial charge is 0.251 e. The number of carbonyl (C=O) groups is 3. The fourth-order valence-electron chi connectivity index (χ4n) is 4.10. The standard InChI is InChI=1S/C27H22ClN7O3/c28-20-8-10-24(35-16-30-33-34-35)18(13-20)7-11-25(36)32-23(12-17-4-2-1-3-5-17)27(38)31-21-9-6-19-15-29-26(37)22(19)14-21/h1-11,13-14,16,23H,12,15H2,(H,29,37)(H,31,38)(H,32,36)/t23-/m0/s1. The minimum atomic E-state index is -0.880. The number of aromatic nitrogens is 4. The van der Waals surface area contributed by atoms with Crippen LogP contribution in [0.3, 0.4) is 0 Å². The normalized spacial score (nSPS) is 13.1. The highest BCUT2D eigenvalue weighted by molar-refractivity contribution is 6.30. The van der Waals surface area contributed by atoms with Gasteiger partial charge in [-0.3, -0.25) is 14.4 Å². The van der Waals surface area contributed by atoms with Gasteiger partial charge in [-0.15, -0.1) is 5.10 Å². The molecule has 0 saturated heterocycles. The van der Waals surface area contributed by atoms with E-state index < -0.39 is 17.9 Å². The average Bonchev–Trinajstić information content (AvgIpc) is 3.58. The fraction of sp³-hybridized carbons (Fsp3) is 0.111. The summed E-state index contributed by atoms with van der Waals surface area (Å²) in [5.74, 6) is -1.07. The summed E-state index contributed by atoms with van der Waals surface area (Å²) in [7, 11) is 0. The summed E-state index contributed by atoms with van der Waals surface area (Å²) in [4.78, 5) is 38.2. The third-order valence-electron chi connectivity index (χ3n) is 5.98. The molecule has 1 aliphatic rings. The molecule has 38 heavy (non-hydrogen) atoms. The predicted octanol–water partition coefficient (Wildman–Crippen LogP) is 2.94.